The highest BCUT2D eigenvalue weighted by molar-refractivity contribution is 5.98. The number of anilines is 4. The van der Waals surface area contributed by atoms with Crippen LogP contribution in [0.3, 0.4) is 0 Å². The van der Waals surface area contributed by atoms with E-state index in [1.54, 1.807) is 15.8 Å². The van der Waals surface area contributed by atoms with E-state index in [-0.39, 0.29) is 18.1 Å². The van der Waals surface area contributed by atoms with Crippen molar-refractivity contribution in [1.29, 1.82) is 0 Å². The number of aryl methyl sites for hydroxylation is 1. The number of nitrogens with one attached hydrogen (secondary N) is 1. The summed E-state index contributed by atoms with van der Waals surface area (Å²) in [6.07, 6.45) is 7.26. The average Bonchev–Trinajstić information content (AvgIpc) is 3.26. The molecular weight excluding hydrogens is 532 g/mol. The van der Waals surface area contributed by atoms with Crippen molar-refractivity contribution in [3.63, 3.8) is 0 Å². The average molecular weight is 567 g/mol. The Kier molecular flexibility index (Phi) is 6.66. The van der Waals surface area contributed by atoms with Gasteiger partial charge < -0.3 is 24.8 Å². The number of hydrogen-bond donors (Lipinski definition) is 1. The van der Waals surface area contributed by atoms with Gasteiger partial charge in [0.05, 0.1) is 17.9 Å². The van der Waals surface area contributed by atoms with Crippen molar-refractivity contribution in [3.05, 3.63) is 70.7 Å². The Bertz CT molecular complexity index is 1770. The van der Waals surface area contributed by atoms with Gasteiger partial charge in [0.1, 0.15) is 11.1 Å². The molecule has 2 aromatic carbocycles. The summed E-state index contributed by atoms with van der Waals surface area (Å²) in [6, 6.07) is 12.0. The zero-order valence-electron chi connectivity index (χ0n) is 23.9. The Labute approximate surface area is 243 Å². The summed E-state index contributed by atoms with van der Waals surface area (Å²) in [5, 5.41) is 3.77. The van der Waals surface area contributed by atoms with Crippen molar-refractivity contribution in [1.82, 2.24) is 24.2 Å². The number of hydrogen-bond acceptors (Lipinski definition) is 8. The van der Waals surface area contributed by atoms with Crippen molar-refractivity contribution in [2.45, 2.75) is 26.3 Å². The van der Waals surface area contributed by atoms with Crippen LogP contribution < -0.4 is 25.4 Å². The van der Waals surface area contributed by atoms with E-state index in [2.05, 4.69) is 52.3 Å². The van der Waals surface area contributed by atoms with Crippen LogP contribution in [0.25, 0.3) is 16.7 Å². The van der Waals surface area contributed by atoms with Crippen LogP contribution in [0.15, 0.2) is 59.5 Å². The molecule has 7 rings (SSSR count). The lowest BCUT2D eigenvalue weighted by molar-refractivity contribution is -0.121. The van der Waals surface area contributed by atoms with Gasteiger partial charge in [-0.3, -0.25) is 9.59 Å². The first-order valence-electron chi connectivity index (χ1n) is 14.5. The second kappa shape index (κ2) is 10.6. The molecule has 2 aromatic heterocycles. The van der Waals surface area contributed by atoms with E-state index in [1.807, 2.05) is 35.0 Å². The van der Waals surface area contributed by atoms with E-state index in [1.165, 1.54) is 11.3 Å². The van der Waals surface area contributed by atoms with Crippen LogP contribution in [-0.2, 0) is 11.3 Å². The second-order valence-corrected chi connectivity index (χ2v) is 11.1. The molecule has 42 heavy (non-hydrogen) atoms. The highest BCUT2D eigenvalue weighted by Crippen LogP contribution is 2.35. The minimum absolute atomic E-state index is 0.0252. The molecule has 3 aliphatic rings. The number of aromatic nitrogens is 4. The Morgan fingerprint density at radius 2 is 1.81 bits per heavy atom. The largest absolute Gasteiger partial charge is 0.482 e. The number of nitrogens with zero attached hydrogens (tertiary/aromatic N) is 7. The topological polar surface area (TPSA) is 101 Å². The molecule has 0 atom stereocenters. The fourth-order valence-corrected chi connectivity index (χ4v) is 6.01. The van der Waals surface area contributed by atoms with Crippen LogP contribution in [-0.4, -0.2) is 76.5 Å². The summed E-state index contributed by atoms with van der Waals surface area (Å²) in [6.45, 7) is 7.26. The molecule has 5 heterocycles. The van der Waals surface area contributed by atoms with Crippen molar-refractivity contribution in [2.75, 3.05) is 61.5 Å². The fraction of sp³-hybridized carbons (Fsp3) is 0.355. The van der Waals surface area contributed by atoms with E-state index in [0.717, 1.165) is 50.4 Å². The molecule has 11 nitrogen and oxygen atoms in total. The van der Waals surface area contributed by atoms with Crippen molar-refractivity contribution in [3.8, 4) is 11.4 Å². The van der Waals surface area contributed by atoms with Gasteiger partial charge in [0, 0.05) is 50.3 Å². The van der Waals surface area contributed by atoms with Gasteiger partial charge in [-0.25, -0.2) is 14.3 Å². The summed E-state index contributed by atoms with van der Waals surface area (Å²) in [5.74, 6) is 0.983. The minimum Gasteiger partial charge on any atom is -0.482 e. The molecule has 1 amide bonds. The molecule has 2 bridgehead atoms. The number of carbonyl (C=O) groups excluding carboxylic acids is 1. The normalized spacial score (nSPS) is 17.4. The highest BCUT2D eigenvalue weighted by atomic mass is 16.5. The maximum atomic E-state index is 13.6. The molecule has 11 heteroatoms. The summed E-state index contributed by atoms with van der Waals surface area (Å²) in [5.41, 5.74) is 5.03. The third kappa shape index (κ3) is 4.69. The Balaban J connectivity index is 1.28. The second-order valence-electron chi connectivity index (χ2n) is 11.1. The molecule has 0 aliphatic carbocycles. The third-order valence-electron chi connectivity index (χ3n) is 8.30. The lowest BCUT2D eigenvalue weighted by atomic mass is 10.1. The molecule has 0 spiro atoms. The van der Waals surface area contributed by atoms with Gasteiger partial charge in [-0.15, -0.1) is 0 Å². The van der Waals surface area contributed by atoms with Gasteiger partial charge >= 0.3 is 0 Å². The van der Waals surface area contributed by atoms with Crippen LogP contribution in [0, 0.1) is 6.92 Å². The predicted octanol–water partition coefficient (Wildman–Crippen LogP) is 3.46. The molecule has 4 aromatic rings. The molecular formula is C31H34N8O3. The molecule has 1 saturated heterocycles. The summed E-state index contributed by atoms with van der Waals surface area (Å²) in [4.78, 5) is 42.2. The van der Waals surface area contributed by atoms with Gasteiger partial charge in [0.2, 0.25) is 5.95 Å². The molecule has 0 radical (unpaired) electrons. The van der Waals surface area contributed by atoms with Gasteiger partial charge in [0.25, 0.3) is 11.5 Å². The van der Waals surface area contributed by atoms with E-state index in [0.29, 0.717) is 41.5 Å². The summed E-state index contributed by atoms with van der Waals surface area (Å²) in [7, 11) is 2.16. The Hall–Kier alpha value is -4.64. The molecule has 1 fully saturated rings. The monoisotopic (exact) mass is 566 g/mol. The molecule has 0 unspecified atom stereocenters. The van der Waals surface area contributed by atoms with E-state index in [4.69, 9.17) is 9.72 Å². The number of fused-ring (bicyclic) bond motifs is 5. The summed E-state index contributed by atoms with van der Waals surface area (Å²) < 4.78 is 9.20. The first-order valence-corrected chi connectivity index (χ1v) is 14.5. The number of benzene rings is 2. The summed E-state index contributed by atoms with van der Waals surface area (Å²) >= 11 is 0. The first kappa shape index (κ1) is 26.3. The quantitative estimate of drug-likeness (QED) is 0.377. The number of piperazine rings is 1. The van der Waals surface area contributed by atoms with E-state index in [9.17, 15) is 9.59 Å². The van der Waals surface area contributed by atoms with Crippen LogP contribution in [0.2, 0.25) is 0 Å². The molecule has 216 valence electrons. The lowest BCUT2D eigenvalue weighted by Gasteiger charge is -2.35. The maximum Gasteiger partial charge on any atom is 0.278 e. The first-order chi connectivity index (χ1) is 20.5. The number of carbonyl (C=O) groups is 1. The smallest absolute Gasteiger partial charge is 0.278 e. The van der Waals surface area contributed by atoms with Crippen molar-refractivity contribution >= 4 is 40.0 Å². The minimum atomic E-state index is -0.174. The van der Waals surface area contributed by atoms with Gasteiger partial charge in [-0.1, -0.05) is 12.2 Å². The van der Waals surface area contributed by atoms with Crippen LogP contribution in [0.4, 0.5) is 23.0 Å². The lowest BCUT2D eigenvalue weighted by Crippen LogP contribution is -2.44. The molecule has 0 saturated carbocycles. The Morgan fingerprint density at radius 3 is 2.64 bits per heavy atom. The maximum absolute atomic E-state index is 13.6. The van der Waals surface area contributed by atoms with Crippen LogP contribution >= 0.6 is 0 Å². The van der Waals surface area contributed by atoms with Crippen molar-refractivity contribution < 1.29 is 9.53 Å². The SMILES string of the molecule is Cc1cc(Nc2ncc3c(=O)n4n(c3n2)-c2ccc3c(c2)N(CCCC=CC4)C(=O)CO3)ccc1N1CCN(C)CC1. The number of allylic oxidation sites excluding steroid dienone is 2. The van der Waals surface area contributed by atoms with Crippen molar-refractivity contribution in [2.24, 2.45) is 0 Å². The van der Waals surface area contributed by atoms with Crippen LogP contribution in [0.1, 0.15) is 18.4 Å². The fourth-order valence-electron chi connectivity index (χ4n) is 6.01. The molecule has 3 aliphatic heterocycles. The zero-order valence-corrected chi connectivity index (χ0v) is 23.9. The van der Waals surface area contributed by atoms with E-state index >= 15 is 0 Å². The number of likely N-dealkylation sites (N-methyl/N-ethyl adjacent to an activating group) is 1. The van der Waals surface area contributed by atoms with Crippen LogP contribution in [0.5, 0.6) is 5.75 Å². The van der Waals surface area contributed by atoms with Gasteiger partial charge in [0.15, 0.2) is 12.3 Å². The Morgan fingerprint density at radius 1 is 0.952 bits per heavy atom. The number of rotatable bonds is 3. The highest BCUT2D eigenvalue weighted by Gasteiger charge is 2.27. The molecule has 1 N–H and O–H groups in total. The third-order valence-corrected chi connectivity index (χ3v) is 8.30. The zero-order chi connectivity index (χ0) is 28.8. The van der Waals surface area contributed by atoms with Gasteiger partial charge in [-0.05, 0) is 68.8 Å². The number of ether oxygens (including phenoxy) is 1. The number of amides is 1. The van der Waals surface area contributed by atoms with Gasteiger partial charge in [-0.2, -0.15) is 4.98 Å². The standard InChI is InChI=1S/C31H34N8O3/c1-21-17-22(7-9-25(21)36-15-13-35(2)14-16-36)33-31-32-19-24-29(34-31)39-23-8-10-27-26(18-23)37(28(40)20-42-27)11-5-3-4-6-12-38(39)30(24)41/h4,6-10,17-19H,3,5,11-16,20H2,1-2H3,(H,32,33,34). The predicted molar refractivity (Wildman–Crippen MR) is 164 cm³/mol. The van der Waals surface area contributed by atoms with E-state index < -0.39 is 0 Å².